The second-order valence-electron chi connectivity index (χ2n) is 9.01. The van der Waals surface area contributed by atoms with Gasteiger partial charge in [0, 0.05) is 6.04 Å². The summed E-state index contributed by atoms with van der Waals surface area (Å²) in [6.07, 6.45) is 1.36. The van der Waals surface area contributed by atoms with E-state index in [0.29, 0.717) is 5.89 Å². The first kappa shape index (κ1) is 20.8. The molecule has 2 atom stereocenters. The Kier molecular flexibility index (Phi) is 6.08. The summed E-state index contributed by atoms with van der Waals surface area (Å²) in [4.78, 5) is 4.71. The maximum Gasteiger partial charge on any atom is 0.225 e. The molecule has 0 radical (unpaired) electrons. The van der Waals surface area contributed by atoms with Gasteiger partial charge in [-0.05, 0) is 48.7 Å². The molecule has 4 nitrogen and oxygen atoms in total. The molecule has 0 saturated carbocycles. The van der Waals surface area contributed by atoms with Crippen molar-refractivity contribution in [2.24, 2.45) is 5.73 Å². The first-order valence-corrected chi connectivity index (χ1v) is 12.9. The second-order valence-corrected chi connectivity index (χ2v) is 13.8. The van der Waals surface area contributed by atoms with Gasteiger partial charge in [0.2, 0.25) is 5.89 Å². The average Bonchev–Trinajstić information content (AvgIpc) is 3.08. The highest BCUT2D eigenvalue weighted by Gasteiger charge is 2.42. The minimum atomic E-state index is -2.05. The highest BCUT2D eigenvalue weighted by molar-refractivity contribution is 6.74. The number of aromatic nitrogens is 1. The summed E-state index contributed by atoms with van der Waals surface area (Å²) in [5, 5.41) is 0.0798. The summed E-state index contributed by atoms with van der Waals surface area (Å²) in [7, 11) is -2.05. The topological polar surface area (TPSA) is 61.3 Å². The van der Waals surface area contributed by atoms with Crippen molar-refractivity contribution in [3.05, 3.63) is 66.1 Å². The third kappa shape index (κ3) is 4.72. The smallest absolute Gasteiger partial charge is 0.225 e. The molecule has 0 fully saturated rings. The normalized spacial score (nSPS) is 14.9. The molecule has 0 aliphatic heterocycles. The Morgan fingerprint density at radius 2 is 1.68 bits per heavy atom. The molecule has 3 aromatic rings. The maximum atomic E-state index is 6.73. The van der Waals surface area contributed by atoms with Gasteiger partial charge in [-0.1, -0.05) is 63.2 Å². The molecule has 2 aromatic carbocycles. The Morgan fingerprint density at radius 3 is 2.32 bits per heavy atom. The van der Waals surface area contributed by atoms with Crippen LogP contribution in [0, 0.1) is 0 Å². The first-order valence-electron chi connectivity index (χ1n) is 10.0. The van der Waals surface area contributed by atoms with Gasteiger partial charge in [0.15, 0.2) is 13.9 Å². The minimum Gasteiger partial charge on any atom is -0.438 e. The summed E-state index contributed by atoms with van der Waals surface area (Å²) < 4.78 is 12.8. The van der Waals surface area contributed by atoms with E-state index in [1.165, 1.54) is 5.56 Å². The van der Waals surface area contributed by atoms with Crippen LogP contribution in [0.3, 0.4) is 0 Å². The molecule has 0 aliphatic carbocycles. The zero-order valence-electron chi connectivity index (χ0n) is 17.6. The molecule has 0 spiro atoms. The van der Waals surface area contributed by atoms with Crippen molar-refractivity contribution >= 4 is 19.4 Å². The lowest BCUT2D eigenvalue weighted by molar-refractivity contribution is 0.122. The van der Waals surface area contributed by atoms with E-state index < -0.39 is 8.32 Å². The van der Waals surface area contributed by atoms with Crippen LogP contribution in [0.1, 0.15) is 44.8 Å². The molecule has 0 bridgehead atoms. The van der Waals surface area contributed by atoms with Crippen LogP contribution in [-0.2, 0) is 10.8 Å². The van der Waals surface area contributed by atoms with Gasteiger partial charge in [-0.3, -0.25) is 0 Å². The van der Waals surface area contributed by atoms with Gasteiger partial charge in [-0.2, -0.15) is 0 Å². The van der Waals surface area contributed by atoms with E-state index in [1.807, 2.05) is 30.3 Å². The number of nitrogens with zero attached hydrogens (tertiary/aromatic N) is 1. The molecular formula is C23H32N2O2Si. The van der Waals surface area contributed by atoms with Crippen LogP contribution in [0.15, 0.2) is 59.0 Å². The van der Waals surface area contributed by atoms with Gasteiger partial charge < -0.3 is 14.6 Å². The number of benzene rings is 2. The van der Waals surface area contributed by atoms with E-state index >= 15 is 0 Å². The number of aryl methyl sites for hydroxylation is 1. The van der Waals surface area contributed by atoms with Crippen LogP contribution in [-0.4, -0.2) is 19.3 Å². The number of fused-ring (bicyclic) bond motifs is 1. The molecule has 0 aliphatic rings. The number of para-hydroxylation sites is 2. The van der Waals surface area contributed by atoms with Gasteiger partial charge in [0.1, 0.15) is 11.6 Å². The second kappa shape index (κ2) is 8.19. The standard InChI is InChI=1S/C23H32N2O2Si/c1-23(2,3)28(4,5)27-21(18(24)16-15-17-11-7-6-8-12-17)22-25-19-13-9-10-14-20(19)26-22/h6-14,18,21H,15-16,24H2,1-5H3/t18-,21?/m0/s1. The predicted molar refractivity (Wildman–Crippen MR) is 118 cm³/mol. The third-order valence-electron chi connectivity index (χ3n) is 5.78. The molecule has 3 rings (SSSR count). The van der Waals surface area contributed by atoms with Crippen LogP contribution in [0.5, 0.6) is 0 Å². The lowest BCUT2D eigenvalue weighted by Crippen LogP contribution is -2.45. The summed E-state index contributed by atoms with van der Waals surface area (Å²) >= 11 is 0. The van der Waals surface area contributed by atoms with E-state index in [-0.39, 0.29) is 17.2 Å². The Morgan fingerprint density at radius 1 is 1.04 bits per heavy atom. The van der Waals surface area contributed by atoms with Crippen molar-refractivity contribution in [1.82, 2.24) is 4.98 Å². The zero-order chi connectivity index (χ0) is 20.4. The van der Waals surface area contributed by atoms with Crippen LogP contribution in [0.25, 0.3) is 11.1 Å². The van der Waals surface area contributed by atoms with E-state index in [1.54, 1.807) is 0 Å². The van der Waals surface area contributed by atoms with Crippen molar-refractivity contribution in [3.8, 4) is 0 Å². The first-order chi connectivity index (χ1) is 13.2. The van der Waals surface area contributed by atoms with Crippen LogP contribution >= 0.6 is 0 Å². The number of hydrogen-bond donors (Lipinski definition) is 1. The van der Waals surface area contributed by atoms with Crippen molar-refractivity contribution in [2.75, 3.05) is 0 Å². The van der Waals surface area contributed by atoms with E-state index in [9.17, 15) is 0 Å². The fourth-order valence-electron chi connectivity index (χ4n) is 2.96. The Labute approximate surface area is 169 Å². The highest BCUT2D eigenvalue weighted by Crippen LogP contribution is 2.41. The summed E-state index contributed by atoms with van der Waals surface area (Å²) in [5.74, 6) is 0.589. The molecule has 0 saturated heterocycles. The Hall–Kier alpha value is -1.95. The van der Waals surface area contributed by atoms with E-state index in [4.69, 9.17) is 19.6 Å². The third-order valence-corrected chi connectivity index (χ3v) is 10.2. The SMILES string of the molecule is CC(C)(C)[Si](C)(C)OC(c1nc2ccccc2o1)[C@@H](N)CCc1ccccc1. The minimum absolute atomic E-state index is 0.0798. The van der Waals surface area contributed by atoms with Crippen molar-refractivity contribution < 1.29 is 8.84 Å². The number of rotatable bonds is 7. The van der Waals surface area contributed by atoms with Crippen LogP contribution in [0.2, 0.25) is 18.1 Å². The zero-order valence-corrected chi connectivity index (χ0v) is 18.6. The lowest BCUT2D eigenvalue weighted by atomic mass is 10.0. The molecule has 2 N–H and O–H groups in total. The van der Waals surface area contributed by atoms with Crippen molar-refractivity contribution in [1.29, 1.82) is 0 Å². The van der Waals surface area contributed by atoms with Gasteiger partial charge in [0.05, 0.1) is 0 Å². The largest absolute Gasteiger partial charge is 0.438 e. The van der Waals surface area contributed by atoms with Crippen LogP contribution in [0.4, 0.5) is 0 Å². The van der Waals surface area contributed by atoms with E-state index in [2.05, 4.69) is 58.1 Å². The molecule has 1 heterocycles. The van der Waals surface area contributed by atoms with Gasteiger partial charge in [0.25, 0.3) is 0 Å². The Balaban J connectivity index is 1.87. The molecule has 5 heteroatoms. The molecule has 1 unspecified atom stereocenters. The summed E-state index contributed by atoms with van der Waals surface area (Å²) in [6, 6.07) is 18.0. The quantitative estimate of drug-likeness (QED) is 0.509. The Bertz CT molecular complexity index is 867. The summed E-state index contributed by atoms with van der Waals surface area (Å²) in [6.45, 7) is 11.2. The number of oxazole rings is 1. The van der Waals surface area contributed by atoms with Crippen molar-refractivity contribution in [3.63, 3.8) is 0 Å². The predicted octanol–water partition coefficient (Wildman–Crippen LogP) is 5.85. The molecule has 1 aromatic heterocycles. The van der Waals surface area contributed by atoms with Crippen LogP contribution < -0.4 is 5.73 Å². The lowest BCUT2D eigenvalue weighted by Gasteiger charge is -2.39. The van der Waals surface area contributed by atoms with Crippen molar-refractivity contribution in [2.45, 2.75) is 63.9 Å². The van der Waals surface area contributed by atoms with Gasteiger partial charge >= 0.3 is 0 Å². The molecular weight excluding hydrogens is 364 g/mol. The molecule has 28 heavy (non-hydrogen) atoms. The maximum absolute atomic E-state index is 6.73. The molecule has 0 amide bonds. The fourth-order valence-corrected chi connectivity index (χ4v) is 4.22. The average molecular weight is 397 g/mol. The highest BCUT2D eigenvalue weighted by atomic mass is 28.4. The number of nitrogens with two attached hydrogens (primary N) is 1. The van der Waals surface area contributed by atoms with E-state index in [0.717, 1.165) is 23.9 Å². The monoisotopic (exact) mass is 396 g/mol. The number of hydrogen-bond acceptors (Lipinski definition) is 4. The summed E-state index contributed by atoms with van der Waals surface area (Å²) in [5.41, 5.74) is 9.57. The van der Waals surface area contributed by atoms with Gasteiger partial charge in [-0.25, -0.2) is 4.98 Å². The fraction of sp³-hybridized carbons (Fsp3) is 0.435. The molecule has 150 valence electrons. The van der Waals surface area contributed by atoms with Gasteiger partial charge in [-0.15, -0.1) is 0 Å².